The predicted molar refractivity (Wildman–Crippen MR) is 132 cm³/mol. The second-order valence-electron chi connectivity index (χ2n) is 6.53. The molecule has 0 bridgehead atoms. The summed E-state index contributed by atoms with van der Waals surface area (Å²) in [7, 11) is 0. The molecule has 3 rings (SSSR count). The van der Waals surface area contributed by atoms with Gasteiger partial charge in [-0.3, -0.25) is 9.59 Å². The van der Waals surface area contributed by atoms with Crippen molar-refractivity contribution >= 4 is 78.3 Å². The van der Waals surface area contributed by atoms with Crippen LogP contribution < -0.4 is 15.4 Å². The van der Waals surface area contributed by atoms with Crippen LogP contribution in [0.1, 0.15) is 15.9 Å². The van der Waals surface area contributed by atoms with Gasteiger partial charge in [-0.1, -0.05) is 39.1 Å². The highest BCUT2D eigenvalue weighted by Gasteiger charge is 2.12. The lowest BCUT2D eigenvalue weighted by molar-refractivity contribution is -0.118. The van der Waals surface area contributed by atoms with Crippen molar-refractivity contribution < 1.29 is 14.3 Å². The van der Waals surface area contributed by atoms with Gasteiger partial charge in [-0.15, -0.1) is 0 Å². The number of nitrogens with one attached hydrogen (secondary N) is 2. The minimum Gasteiger partial charge on any atom is -0.482 e. The molecule has 3 aromatic carbocycles. The van der Waals surface area contributed by atoms with Crippen LogP contribution in [-0.4, -0.2) is 18.4 Å². The van der Waals surface area contributed by atoms with Crippen molar-refractivity contribution in [2.24, 2.45) is 0 Å². The van der Waals surface area contributed by atoms with Crippen molar-refractivity contribution in [3.05, 3.63) is 84.7 Å². The smallest absolute Gasteiger partial charge is 0.262 e. The zero-order valence-electron chi connectivity index (χ0n) is 16.1. The fourth-order valence-electron chi connectivity index (χ4n) is 2.72. The van der Waals surface area contributed by atoms with Gasteiger partial charge in [-0.25, -0.2) is 0 Å². The molecule has 0 saturated heterocycles. The number of anilines is 2. The first-order valence-electron chi connectivity index (χ1n) is 8.97. The van der Waals surface area contributed by atoms with Crippen LogP contribution in [0.5, 0.6) is 5.75 Å². The molecule has 0 aromatic heterocycles. The Labute approximate surface area is 206 Å². The molecule has 0 aliphatic rings. The zero-order valence-corrected chi connectivity index (χ0v) is 20.8. The van der Waals surface area contributed by atoms with Gasteiger partial charge in [0.1, 0.15) is 5.75 Å². The van der Waals surface area contributed by atoms with Gasteiger partial charge in [-0.05, 0) is 83.0 Å². The Balaban J connectivity index is 1.56. The zero-order chi connectivity index (χ0) is 22.5. The minimum atomic E-state index is -0.359. The Morgan fingerprint density at radius 1 is 0.935 bits per heavy atom. The molecule has 0 saturated carbocycles. The SMILES string of the molecule is Cc1cc(Br)cc(Br)c1OCC(=O)Nc1ccc(NC(=O)c2ccc(Cl)cc2Cl)cc1. The van der Waals surface area contributed by atoms with Crippen LogP contribution in [-0.2, 0) is 4.79 Å². The van der Waals surface area contributed by atoms with E-state index in [1.54, 1.807) is 36.4 Å². The number of carbonyl (C=O) groups is 2. The number of benzene rings is 3. The van der Waals surface area contributed by atoms with Crippen molar-refractivity contribution in [2.45, 2.75) is 6.92 Å². The quantitative estimate of drug-likeness (QED) is 0.324. The molecule has 0 spiro atoms. The average molecular weight is 587 g/mol. The van der Waals surface area contributed by atoms with Crippen LogP contribution in [0.2, 0.25) is 10.0 Å². The summed E-state index contributed by atoms with van der Waals surface area (Å²) in [6.45, 7) is 1.75. The summed E-state index contributed by atoms with van der Waals surface area (Å²) in [5.74, 6) is -0.0569. The highest BCUT2D eigenvalue weighted by Crippen LogP contribution is 2.32. The molecule has 0 unspecified atom stereocenters. The van der Waals surface area contributed by atoms with Crippen LogP contribution in [0, 0.1) is 6.92 Å². The molecule has 0 atom stereocenters. The minimum absolute atomic E-state index is 0.144. The van der Waals surface area contributed by atoms with Crippen molar-refractivity contribution in [1.82, 2.24) is 0 Å². The monoisotopic (exact) mass is 584 g/mol. The van der Waals surface area contributed by atoms with Crippen LogP contribution in [0.15, 0.2) is 63.5 Å². The maximum atomic E-state index is 12.4. The van der Waals surface area contributed by atoms with Gasteiger partial charge in [0.2, 0.25) is 0 Å². The lowest BCUT2D eigenvalue weighted by atomic mass is 10.2. The Morgan fingerprint density at radius 2 is 1.58 bits per heavy atom. The third-order valence-electron chi connectivity index (χ3n) is 4.14. The van der Waals surface area contributed by atoms with Gasteiger partial charge >= 0.3 is 0 Å². The fourth-order valence-corrected chi connectivity index (χ4v) is 4.76. The molecule has 31 heavy (non-hydrogen) atoms. The van der Waals surface area contributed by atoms with Gasteiger partial charge < -0.3 is 15.4 Å². The first-order valence-corrected chi connectivity index (χ1v) is 11.3. The van der Waals surface area contributed by atoms with E-state index in [1.807, 2.05) is 19.1 Å². The lowest BCUT2D eigenvalue weighted by Crippen LogP contribution is -2.20. The molecule has 0 fully saturated rings. The molecule has 2 N–H and O–H groups in total. The van der Waals surface area contributed by atoms with Crippen molar-refractivity contribution in [2.75, 3.05) is 17.2 Å². The number of ether oxygens (including phenoxy) is 1. The molecule has 9 heteroatoms. The molecular formula is C22H16Br2Cl2N2O3. The van der Waals surface area contributed by atoms with Crippen LogP contribution in [0.4, 0.5) is 11.4 Å². The highest BCUT2D eigenvalue weighted by molar-refractivity contribution is 9.11. The fraction of sp³-hybridized carbons (Fsp3) is 0.0909. The average Bonchev–Trinajstić information content (AvgIpc) is 2.68. The van der Waals surface area contributed by atoms with E-state index in [2.05, 4.69) is 42.5 Å². The van der Waals surface area contributed by atoms with Crippen LogP contribution in [0.25, 0.3) is 0 Å². The van der Waals surface area contributed by atoms with Gasteiger partial charge in [-0.2, -0.15) is 0 Å². The molecule has 3 aromatic rings. The summed E-state index contributed by atoms with van der Waals surface area (Å²) < 4.78 is 7.32. The molecule has 160 valence electrons. The Kier molecular flexibility index (Phi) is 8.00. The number of aryl methyl sites for hydroxylation is 1. The maximum Gasteiger partial charge on any atom is 0.262 e. The van der Waals surface area contributed by atoms with E-state index in [0.717, 1.165) is 14.5 Å². The van der Waals surface area contributed by atoms with E-state index in [-0.39, 0.29) is 23.4 Å². The first-order chi connectivity index (χ1) is 14.7. The summed E-state index contributed by atoms with van der Waals surface area (Å²) >= 11 is 18.8. The Hall–Kier alpha value is -2.06. The van der Waals surface area contributed by atoms with Gasteiger partial charge in [0.05, 0.1) is 15.1 Å². The van der Waals surface area contributed by atoms with Gasteiger partial charge in [0.15, 0.2) is 6.61 Å². The Morgan fingerprint density at radius 3 is 2.19 bits per heavy atom. The van der Waals surface area contributed by atoms with E-state index in [1.165, 1.54) is 6.07 Å². The number of rotatable bonds is 6. The van der Waals surface area contributed by atoms with Gasteiger partial charge in [0.25, 0.3) is 11.8 Å². The standard InChI is InChI=1S/C22H16Br2Cl2N2O3/c1-12-8-13(23)9-18(24)21(12)31-11-20(29)27-15-3-5-16(6-4-15)28-22(30)17-7-2-14(25)10-19(17)26/h2-10H,11H2,1H3,(H,27,29)(H,28,30). The number of hydrogen-bond acceptors (Lipinski definition) is 3. The van der Waals surface area contributed by atoms with Crippen LogP contribution >= 0.6 is 55.1 Å². The van der Waals surface area contributed by atoms with E-state index in [4.69, 9.17) is 27.9 Å². The summed E-state index contributed by atoms with van der Waals surface area (Å²) in [4.78, 5) is 24.6. The largest absolute Gasteiger partial charge is 0.482 e. The van der Waals surface area contributed by atoms with Gasteiger partial charge in [0, 0.05) is 20.9 Å². The number of hydrogen-bond donors (Lipinski definition) is 2. The highest BCUT2D eigenvalue weighted by atomic mass is 79.9. The molecule has 0 aliphatic carbocycles. The summed E-state index contributed by atoms with van der Waals surface area (Å²) in [5, 5.41) is 6.22. The van der Waals surface area contributed by atoms with E-state index in [0.29, 0.717) is 27.7 Å². The molecule has 0 heterocycles. The second-order valence-corrected chi connectivity index (χ2v) is 9.14. The van der Waals surface area contributed by atoms with E-state index < -0.39 is 0 Å². The first kappa shape index (κ1) is 23.6. The molecule has 0 aliphatic heterocycles. The predicted octanol–water partition coefficient (Wildman–Crippen LogP) is 7.10. The van der Waals surface area contributed by atoms with Crippen molar-refractivity contribution in [3.8, 4) is 5.75 Å². The Bertz CT molecular complexity index is 1120. The van der Waals surface area contributed by atoms with Crippen molar-refractivity contribution in [1.29, 1.82) is 0 Å². The molecule has 2 amide bonds. The normalized spacial score (nSPS) is 10.5. The molecule has 0 radical (unpaired) electrons. The third kappa shape index (κ3) is 6.46. The second kappa shape index (κ2) is 10.5. The summed E-state index contributed by atoms with van der Waals surface area (Å²) in [6, 6.07) is 15.1. The molecular weight excluding hydrogens is 571 g/mol. The molecule has 5 nitrogen and oxygen atoms in total. The maximum absolute atomic E-state index is 12.4. The summed E-state index contributed by atoms with van der Waals surface area (Å²) in [5.41, 5.74) is 2.34. The number of halogens is 4. The number of amides is 2. The third-order valence-corrected chi connectivity index (χ3v) is 5.74. The van der Waals surface area contributed by atoms with Crippen LogP contribution in [0.3, 0.4) is 0 Å². The lowest BCUT2D eigenvalue weighted by Gasteiger charge is -2.12. The van der Waals surface area contributed by atoms with E-state index >= 15 is 0 Å². The topological polar surface area (TPSA) is 67.4 Å². The van der Waals surface area contributed by atoms with E-state index in [9.17, 15) is 9.59 Å². The van der Waals surface area contributed by atoms with Crippen molar-refractivity contribution in [3.63, 3.8) is 0 Å². The number of carbonyl (C=O) groups excluding carboxylic acids is 2. The summed E-state index contributed by atoms with van der Waals surface area (Å²) in [6.07, 6.45) is 0.